The molecule has 2 fully saturated rings. The predicted octanol–water partition coefficient (Wildman–Crippen LogP) is 3.81. The van der Waals surface area contributed by atoms with Crippen LogP contribution >= 0.6 is 0 Å². The minimum Gasteiger partial charge on any atom is -0.390 e. The van der Waals surface area contributed by atoms with Crippen LogP contribution in [0.3, 0.4) is 0 Å². The van der Waals surface area contributed by atoms with Gasteiger partial charge in [-0.25, -0.2) is 0 Å². The van der Waals surface area contributed by atoms with Crippen LogP contribution in [0.1, 0.15) is 55.5 Å². The zero-order chi connectivity index (χ0) is 24.0. The van der Waals surface area contributed by atoms with Crippen LogP contribution in [0.2, 0.25) is 0 Å². The quantitative estimate of drug-likeness (QED) is 0.516. The van der Waals surface area contributed by atoms with Crippen LogP contribution in [-0.4, -0.2) is 49.4 Å². The van der Waals surface area contributed by atoms with E-state index in [1.165, 1.54) is 12.8 Å². The van der Waals surface area contributed by atoms with Crippen LogP contribution in [-0.2, 0) is 6.54 Å². The predicted molar refractivity (Wildman–Crippen MR) is 132 cm³/mol. The van der Waals surface area contributed by atoms with E-state index >= 15 is 0 Å². The molecule has 180 valence electrons. The summed E-state index contributed by atoms with van der Waals surface area (Å²) in [5.74, 6) is 1.40. The number of hydrogen-bond donors (Lipinski definition) is 3. The number of amides is 1. The van der Waals surface area contributed by atoms with E-state index < -0.39 is 5.60 Å². The molecule has 1 aliphatic carbocycles. The molecule has 8 heteroatoms. The number of pyridine rings is 1. The highest BCUT2D eigenvalue weighted by Gasteiger charge is 2.32. The monoisotopic (exact) mass is 463 g/mol. The maximum atomic E-state index is 13.2. The van der Waals surface area contributed by atoms with Crippen molar-refractivity contribution < 1.29 is 9.90 Å². The molecule has 2 aliphatic rings. The standard InChI is InChI=1S/C26H33N5O3/c1-16-14-19(6-7-20(16)25(33)30-12-9-18(10-13-30)26(2,3)34)28-23-22-21(8-11-27-24(22)32)31(29-23)15-17-4-5-17/h6-8,11,14,17-18,34H,4-5,9-10,12-13,15H2,1-3H3,(H,27,32)(H,28,29). The molecule has 0 atom stereocenters. The first kappa shape index (κ1) is 22.7. The van der Waals surface area contributed by atoms with Crippen molar-refractivity contribution in [3.63, 3.8) is 0 Å². The summed E-state index contributed by atoms with van der Waals surface area (Å²) in [5.41, 5.74) is 2.28. The van der Waals surface area contributed by atoms with Crippen molar-refractivity contribution in [3.05, 3.63) is 51.9 Å². The maximum Gasteiger partial charge on any atom is 0.261 e. The number of nitrogens with zero attached hydrogens (tertiary/aromatic N) is 3. The van der Waals surface area contributed by atoms with Crippen molar-refractivity contribution in [1.82, 2.24) is 19.7 Å². The van der Waals surface area contributed by atoms with Crippen LogP contribution in [0.5, 0.6) is 0 Å². The van der Waals surface area contributed by atoms with Crippen molar-refractivity contribution in [2.75, 3.05) is 18.4 Å². The molecular weight excluding hydrogens is 430 g/mol. The van der Waals surface area contributed by atoms with Gasteiger partial charge in [-0.2, -0.15) is 5.10 Å². The average molecular weight is 464 g/mol. The third-order valence-corrected chi connectivity index (χ3v) is 7.30. The summed E-state index contributed by atoms with van der Waals surface area (Å²) in [6.07, 6.45) is 5.68. The van der Waals surface area contributed by atoms with Gasteiger partial charge < -0.3 is 20.3 Å². The number of hydrogen-bond acceptors (Lipinski definition) is 5. The van der Waals surface area contributed by atoms with Gasteiger partial charge in [0.05, 0.1) is 11.1 Å². The number of aromatic nitrogens is 3. The highest BCUT2D eigenvalue weighted by molar-refractivity contribution is 5.96. The minimum absolute atomic E-state index is 0.0221. The summed E-state index contributed by atoms with van der Waals surface area (Å²) in [4.78, 5) is 30.4. The molecule has 8 nitrogen and oxygen atoms in total. The summed E-state index contributed by atoms with van der Waals surface area (Å²) >= 11 is 0. The third kappa shape index (κ3) is 4.46. The lowest BCUT2D eigenvalue weighted by Crippen LogP contribution is -2.44. The Balaban J connectivity index is 1.34. The number of likely N-dealkylation sites (tertiary alicyclic amines) is 1. The Bertz CT molecular complexity index is 1270. The molecule has 3 heterocycles. The summed E-state index contributed by atoms with van der Waals surface area (Å²) in [6.45, 7) is 7.74. The second-order valence-electron chi connectivity index (χ2n) is 10.4. The van der Waals surface area contributed by atoms with E-state index in [2.05, 4.69) is 10.3 Å². The van der Waals surface area contributed by atoms with Crippen LogP contribution in [0, 0.1) is 18.8 Å². The van der Waals surface area contributed by atoms with Crippen LogP contribution < -0.4 is 10.9 Å². The van der Waals surface area contributed by atoms with Gasteiger partial charge in [-0.05, 0) is 88.1 Å². The number of aryl methyl sites for hydroxylation is 1. The fourth-order valence-electron chi connectivity index (χ4n) is 4.99. The van der Waals surface area contributed by atoms with E-state index in [9.17, 15) is 14.7 Å². The first-order chi connectivity index (χ1) is 16.2. The lowest BCUT2D eigenvalue weighted by atomic mass is 9.83. The normalized spacial score (nSPS) is 17.4. The number of H-pyrrole nitrogens is 1. The van der Waals surface area contributed by atoms with Gasteiger partial charge in [0.15, 0.2) is 5.82 Å². The molecule has 3 aromatic rings. The maximum absolute atomic E-state index is 13.2. The Morgan fingerprint density at radius 1 is 1.21 bits per heavy atom. The molecule has 1 saturated heterocycles. The Hall–Kier alpha value is -3.13. The van der Waals surface area contributed by atoms with Crippen LogP contribution in [0.15, 0.2) is 35.3 Å². The molecule has 2 aromatic heterocycles. The van der Waals surface area contributed by atoms with Crippen molar-refractivity contribution >= 4 is 28.3 Å². The highest BCUT2D eigenvalue weighted by Crippen LogP contribution is 2.33. The first-order valence-corrected chi connectivity index (χ1v) is 12.2. The van der Waals surface area contributed by atoms with Gasteiger partial charge in [0.25, 0.3) is 11.5 Å². The Morgan fingerprint density at radius 3 is 2.59 bits per heavy atom. The number of carbonyl (C=O) groups excluding carboxylic acids is 1. The molecule has 0 unspecified atom stereocenters. The van der Waals surface area contributed by atoms with E-state index in [1.54, 1.807) is 6.20 Å². The lowest BCUT2D eigenvalue weighted by molar-refractivity contribution is -0.0108. The summed E-state index contributed by atoms with van der Waals surface area (Å²) in [6, 6.07) is 7.54. The van der Waals surface area contributed by atoms with Gasteiger partial charge in [0.1, 0.15) is 5.39 Å². The summed E-state index contributed by atoms with van der Waals surface area (Å²) < 4.78 is 1.92. The van der Waals surface area contributed by atoms with Gasteiger partial charge in [-0.1, -0.05) is 0 Å². The Kier molecular flexibility index (Phi) is 5.72. The number of benzene rings is 1. The van der Waals surface area contributed by atoms with Gasteiger partial charge in [0.2, 0.25) is 0 Å². The van der Waals surface area contributed by atoms with Crippen molar-refractivity contribution in [2.45, 2.75) is 58.6 Å². The molecule has 0 radical (unpaired) electrons. The smallest absolute Gasteiger partial charge is 0.261 e. The van der Waals surface area contributed by atoms with E-state index in [-0.39, 0.29) is 17.4 Å². The largest absolute Gasteiger partial charge is 0.390 e. The number of aliphatic hydroxyl groups is 1. The SMILES string of the molecule is Cc1cc(Nc2nn(CC3CC3)c3cc[nH]c(=O)c23)ccc1C(=O)N1CCC(C(C)(C)O)CC1. The van der Waals surface area contributed by atoms with E-state index in [1.807, 2.05) is 54.6 Å². The number of piperidine rings is 1. The van der Waals surface area contributed by atoms with Crippen molar-refractivity contribution in [3.8, 4) is 0 Å². The number of aromatic amines is 1. The van der Waals surface area contributed by atoms with Crippen molar-refractivity contribution in [1.29, 1.82) is 0 Å². The molecule has 34 heavy (non-hydrogen) atoms. The first-order valence-electron chi connectivity index (χ1n) is 12.2. The molecular formula is C26H33N5O3. The number of carbonyl (C=O) groups is 1. The number of rotatable bonds is 6. The second-order valence-corrected chi connectivity index (χ2v) is 10.4. The van der Waals surface area contributed by atoms with Gasteiger partial charge in [-0.3, -0.25) is 14.3 Å². The number of fused-ring (bicyclic) bond motifs is 1. The summed E-state index contributed by atoms with van der Waals surface area (Å²) in [5, 5.41) is 18.8. The topological polar surface area (TPSA) is 103 Å². The molecule has 1 amide bonds. The lowest BCUT2D eigenvalue weighted by Gasteiger charge is -2.38. The molecule has 3 N–H and O–H groups in total. The Morgan fingerprint density at radius 2 is 1.94 bits per heavy atom. The third-order valence-electron chi connectivity index (χ3n) is 7.30. The zero-order valence-corrected chi connectivity index (χ0v) is 20.1. The van der Waals surface area contributed by atoms with E-state index in [4.69, 9.17) is 5.10 Å². The second kappa shape index (κ2) is 8.58. The number of nitrogens with one attached hydrogen (secondary N) is 2. The van der Waals surface area contributed by atoms with Gasteiger partial charge in [-0.15, -0.1) is 0 Å². The molecule has 1 aliphatic heterocycles. The Labute approximate surface area is 199 Å². The van der Waals surface area contributed by atoms with Crippen molar-refractivity contribution in [2.24, 2.45) is 11.8 Å². The number of anilines is 2. The van der Waals surface area contributed by atoms with Crippen LogP contribution in [0.4, 0.5) is 11.5 Å². The fraction of sp³-hybridized carbons (Fsp3) is 0.500. The average Bonchev–Trinajstić information content (AvgIpc) is 3.54. The minimum atomic E-state index is -0.712. The fourth-order valence-corrected chi connectivity index (χ4v) is 4.99. The highest BCUT2D eigenvalue weighted by atomic mass is 16.3. The zero-order valence-electron chi connectivity index (χ0n) is 20.1. The molecule has 5 rings (SSSR count). The molecule has 0 bridgehead atoms. The molecule has 1 saturated carbocycles. The molecule has 1 aromatic carbocycles. The van der Waals surface area contributed by atoms with E-state index in [0.717, 1.165) is 36.2 Å². The van der Waals surface area contributed by atoms with Crippen LogP contribution in [0.25, 0.3) is 10.9 Å². The van der Waals surface area contributed by atoms with Gasteiger partial charge >= 0.3 is 0 Å². The van der Waals surface area contributed by atoms with Gasteiger partial charge in [0, 0.05) is 37.1 Å². The summed E-state index contributed by atoms with van der Waals surface area (Å²) in [7, 11) is 0. The van der Waals surface area contributed by atoms with E-state index in [0.29, 0.717) is 35.8 Å². The molecule has 0 spiro atoms.